The second kappa shape index (κ2) is 13.1. The highest BCUT2D eigenvalue weighted by molar-refractivity contribution is 6.03. The topological polar surface area (TPSA) is 187 Å². The summed E-state index contributed by atoms with van der Waals surface area (Å²) in [6, 6.07) is 8.62. The fourth-order valence-electron chi connectivity index (χ4n) is 5.95. The van der Waals surface area contributed by atoms with Crippen molar-refractivity contribution < 1.29 is 19.8 Å². The maximum atomic E-state index is 13.1. The number of fused-ring (bicyclic) bond motifs is 3. The van der Waals surface area contributed by atoms with Crippen molar-refractivity contribution in [2.45, 2.75) is 69.7 Å². The molecule has 13 nitrogen and oxygen atoms in total. The number of amidine groups is 1. The number of nitrogens with zero attached hydrogens (tertiary/aromatic N) is 6. The number of piperidine rings is 1. The molecule has 0 aliphatic carbocycles. The Labute approximate surface area is 233 Å². The van der Waals surface area contributed by atoms with Crippen molar-refractivity contribution in [1.29, 1.82) is 0 Å². The molecule has 3 aliphatic heterocycles. The number of aliphatic hydroxyl groups excluding tert-OH is 1. The van der Waals surface area contributed by atoms with Crippen molar-refractivity contribution in [3.8, 4) is 0 Å². The van der Waals surface area contributed by atoms with Gasteiger partial charge in [-0.1, -0.05) is 6.07 Å². The lowest BCUT2D eigenvalue weighted by molar-refractivity contribution is -0.122. The molecule has 5 heterocycles. The van der Waals surface area contributed by atoms with Gasteiger partial charge in [0, 0.05) is 37.4 Å². The van der Waals surface area contributed by atoms with Crippen LogP contribution in [0.3, 0.4) is 0 Å². The third kappa shape index (κ3) is 6.39. The number of hydrazine groups is 1. The highest BCUT2D eigenvalue weighted by Crippen LogP contribution is 2.37. The van der Waals surface area contributed by atoms with Gasteiger partial charge in [0.2, 0.25) is 0 Å². The van der Waals surface area contributed by atoms with Gasteiger partial charge in [0.15, 0.2) is 5.84 Å². The highest BCUT2D eigenvalue weighted by Gasteiger charge is 2.40. The summed E-state index contributed by atoms with van der Waals surface area (Å²) in [5.74, 6) is 11.8. The van der Waals surface area contributed by atoms with E-state index in [1.807, 2.05) is 12.3 Å². The molecule has 2 bridgehead atoms. The third-order valence-electron chi connectivity index (χ3n) is 8.27. The molecule has 2 fully saturated rings. The van der Waals surface area contributed by atoms with Gasteiger partial charge < -0.3 is 26.3 Å². The predicted octanol–water partition coefficient (Wildman–Crippen LogP) is 0.590. The number of hydrazone groups is 1. The molecule has 7 N–H and O–H groups in total. The molecule has 3 aliphatic rings. The van der Waals surface area contributed by atoms with Crippen molar-refractivity contribution in [1.82, 2.24) is 24.8 Å². The maximum Gasteiger partial charge on any atom is 0.290 e. The normalized spacial score (nSPS) is 23.4. The van der Waals surface area contributed by atoms with Crippen LogP contribution in [0.4, 0.5) is 5.82 Å². The molecule has 3 atom stereocenters. The fourth-order valence-corrected chi connectivity index (χ4v) is 5.95. The zero-order valence-electron chi connectivity index (χ0n) is 23.0. The average molecular weight is 554 g/mol. The molecule has 2 saturated heterocycles. The number of nitrogens with two attached hydrogens (primary N) is 2. The first-order valence-electron chi connectivity index (χ1n) is 13.5. The number of pyridine rings is 2. The largest absolute Gasteiger partial charge is 0.483 e. The SMILES string of the molecule is CC(CO)N(N)/C(=N\N)c1cccc(NC(=O)c2cc3c(cn2)CCN(C2CC4CCC(C2)N4C)C3)n1.O=CO. The molecular weight excluding hydrogens is 514 g/mol. The monoisotopic (exact) mass is 553 g/mol. The van der Waals surface area contributed by atoms with Crippen LogP contribution in [0.1, 0.15) is 59.9 Å². The number of aliphatic hydroxyl groups is 1. The Balaban J connectivity index is 0.00000118. The average Bonchev–Trinajstić information content (AvgIpc) is 3.16. The molecule has 216 valence electrons. The van der Waals surface area contributed by atoms with E-state index in [-0.39, 0.29) is 24.8 Å². The van der Waals surface area contributed by atoms with E-state index >= 15 is 0 Å². The summed E-state index contributed by atoms with van der Waals surface area (Å²) >= 11 is 0. The zero-order chi connectivity index (χ0) is 28.8. The molecule has 1 amide bonds. The first-order valence-corrected chi connectivity index (χ1v) is 13.5. The molecule has 0 aromatic carbocycles. The summed E-state index contributed by atoms with van der Waals surface area (Å²) in [7, 11) is 2.27. The Bertz CT molecular complexity index is 1210. The van der Waals surface area contributed by atoms with Crippen LogP contribution in [0.15, 0.2) is 35.6 Å². The number of anilines is 1. The second-order valence-corrected chi connectivity index (χ2v) is 10.6. The number of amides is 1. The lowest BCUT2D eigenvalue weighted by Crippen LogP contribution is -2.50. The van der Waals surface area contributed by atoms with Gasteiger partial charge in [-0.3, -0.25) is 24.5 Å². The number of aromatic nitrogens is 2. The van der Waals surface area contributed by atoms with E-state index in [0.717, 1.165) is 19.5 Å². The fraction of sp³-hybridized carbons (Fsp3) is 0.519. The second-order valence-electron chi connectivity index (χ2n) is 10.6. The molecule has 0 radical (unpaired) electrons. The Morgan fingerprint density at radius 2 is 1.95 bits per heavy atom. The smallest absolute Gasteiger partial charge is 0.290 e. The van der Waals surface area contributed by atoms with E-state index in [2.05, 4.69) is 37.2 Å². The van der Waals surface area contributed by atoms with Gasteiger partial charge in [0.05, 0.1) is 12.6 Å². The van der Waals surface area contributed by atoms with Crippen LogP contribution in [0.25, 0.3) is 0 Å². The molecule has 0 spiro atoms. The van der Waals surface area contributed by atoms with Gasteiger partial charge in [-0.2, -0.15) is 5.10 Å². The summed E-state index contributed by atoms with van der Waals surface area (Å²) < 4.78 is 0. The van der Waals surface area contributed by atoms with Crippen LogP contribution in [0, 0.1) is 0 Å². The number of nitrogens with one attached hydrogen (secondary N) is 1. The van der Waals surface area contributed by atoms with Crippen molar-refractivity contribution >= 4 is 24.0 Å². The number of hydrogen-bond donors (Lipinski definition) is 5. The molecule has 2 aromatic heterocycles. The molecule has 2 aromatic rings. The van der Waals surface area contributed by atoms with E-state index in [9.17, 15) is 9.90 Å². The van der Waals surface area contributed by atoms with Gasteiger partial charge in [0.25, 0.3) is 12.4 Å². The number of carbonyl (C=O) groups excluding carboxylic acids is 1. The molecule has 40 heavy (non-hydrogen) atoms. The van der Waals surface area contributed by atoms with Gasteiger partial charge in [-0.25, -0.2) is 10.8 Å². The predicted molar refractivity (Wildman–Crippen MR) is 150 cm³/mol. The number of hydrogen-bond acceptors (Lipinski definition) is 10. The Morgan fingerprint density at radius 1 is 1.25 bits per heavy atom. The van der Waals surface area contributed by atoms with Crippen LogP contribution in [0.5, 0.6) is 0 Å². The number of carboxylic acid groups (broad SMARTS) is 1. The number of carbonyl (C=O) groups is 2. The van der Waals surface area contributed by atoms with Crippen molar-refractivity contribution in [3.05, 3.63) is 53.0 Å². The van der Waals surface area contributed by atoms with E-state index in [1.54, 1.807) is 25.1 Å². The Morgan fingerprint density at radius 3 is 2.60 bits per heavy atom. The minimum atomic E-state index is -0.411. The summed E-state index contributed by atoms with van der Waals surface area (Å²) in [4.78, 5) is 35.5. The summed E-state index contributed by atoms with van der Waals surface area (Å²) in [5, 5.41) is 24.1. The molecular formula is C27H39N9O4. The van der Waals surface area contributed by atoms with Crippen LogP contribution in [-0.2, 0) is 17.8 Å². The Hall–Kier alpha value is -3.65. The van der Waals surface area contributed by atoms with E-state index in [1.165, 1.54) is 41.8 Å². The van der Waals surface area contributed by atoms with Crippen molar-refractivity contribution in [3.63, 3.8) is 0 Å². The van der Waals surface area contributed by atoms with Crippen LogP contribution in [0.2, 0.25) is 0 Å². The van der Waals surface area contributed by atoms with E-state index in [0.29, 0.717) is 35.3 Å². The van der Waals surface area contributed by atoms with Gasteiger partial charge in [-0.05, 0) is 75.4 Å². The number of rotatable bonds is 6. The minimum Gasteiger partial charge on any atom is -0.483 e. The summed E-state index contributed by atoms with van der Waals surface area (Å²) in [6.07, 6.45) is 7.88. The molecule has 5 rings (SSSR count). The highest BCUT2D eigenvalue weighted by atomic mass is 16.3. The van der Waals surface area contributed by atoms with E-state index < -0.39 is 6.04 Å². The molecule has 0 saturated carbocycles. The lowest BCUT2D eigenvalue weighted by atomic mass is 9.93. The quantitative estimate of drug-likeness (QED) is 0.111. The van der Waals surface area contributed by atoms with Gasteiger partial charge in [0.1, 0.15) is 17.2 Å². The third-order valence-corrected chi connectivity index (χ3v) is 8.27. The van der Waals surface area contributed by atoms with E-state index in [4.69, 9.17) is 21.6 Å². The van der Waals surface area contributed by atoms with Gasteiger partial charge in [-0.15, -0.1) is 0 Å². The van der Waals surface area contributed by atoms with Crippen molar-refractivity contribution in [2.75, 3.05) is 25.5 Å². The standard InChI is InChI=1S/C26H37N9O2.CH2O2/c1-16(15-36)35(28)25(32-27)22-4-3-5-24(30-22)31-26(37)23-10-18-14-34(9-8-17(18)13-29-23)21-11-19-6-7-20(12-21)33(19)2;2-1-3/h3-5,10,13,16,19-21,36H,6-9,11-12,14-15,27-28H2,1-2H3,(H,30,31,37);1H,(H,2,3)/b32-25-;. The van der Waals surface area contributed by atoms with Crippen LogP contribution >= 0.6 is 0 Å². The Kier molecular flexibility index (Phi) is 9.63. The first kappa shape index (κ1) is 29.3. The molecule has 3 unspecified atom stereocenters. The van der Waals surface area contributed by atoms with Crippen LogP contribution in [-0.4, -0.2) is 97.6 Å². The maximum absolute atomic E-state index is 13.1. The zero-order valence-corrected chi connectivity index (χ0v) is 23.0. The lowest BCUT2D eigenvalue weighted by Gasteiger charge is -2.43. The summed E-state index contributed by atoms with van der Waals surface area (Å²) in [5.41, 5.74) is 3.13. The van der Waals surface area contributed by atoms with Crippen LogP contribution < -0.4 is 17.0 Å². The first-order chi connectivity index (χ1) is 19.3. The summed E-state index contributed by atoms with van der Waals surface area (Å²) in [6.45, 7) is 3.21. The minimum absolute atomic E-state index is 0.174. The van der Waals surface area contributed by atoms with Gasteiger partial charge >= 0.3 is 0 Å². The molecule has 13 heteroatoms. The van der Waals surface area contributed by atoms with Crippen molar-refractivity contribution in [2.24, 2.45) is 16.8 Å².